The molecule has 1 amide bonds. The molecule has 5 nitrogen and oxygen atoms in total. The zero-order chi connectivity index (χ0) is 17.6. The van der Waals surface area contributed by atoms with Gasteiger partial charge < -0.3 is 19.5 Å². The molecule has 1 N–H and O–H groups in total. The molecule has 0 aliphatic carbocycles. The third-order valence-corrected chi connectivity index (χ3v) is 4.97. The van der Waals surface area contributed by atoms with Crippen LogP contribution in [0.3, 0.4) is 0 Å². The van der Waals surface area contributed by atoms with Gasteiger partial charge in [-0.3, -0.25) is 4.79 Å². The summed E-state index contributed by atoms with van der Waals surface area (Å²) in [5.41, 5.74) is 0.216. The average Bonchev–Trinajstić information content (AvgIpc) is 2.61. The topological polar surface area (TPSA) is 59.0 Å². The van der Waals surface area contributed by atoms with E-state index in [4.69, 9.17) is 21.1 Å². The summed E-state index contributed by atoms with van der Waals surface area (Å²) in [6.45, 7) is 1.97. The first-order valence-corrected chi connectivity index (χ1v) is 8.65. The zero-order valence-electron chi connectivity index (χ0n) is 14.4. The van der Waals surface area contributed by atoms with Crippen LogP contribution in [0.25, 0.3) is 0 Å². The van der Waals surface area contributed by atoms with E-state index in [0.29, 0.717) is 36.0 Å². The lowest BCUT2D eigenvalue weighted by Crippen LogP contribution is -2.48. The highest BCUT2D eigenvalue weighted by Crippen LogP contribution is 2.35. The Morgan fingerprint density at radius 3 is 2.88 bits per heavy atom. The van der Waals surface area contributed by atoms with Gasteiger partial charge in [0, 0.05) is 37.2 Å². The Bertz CT molecular complexity index is 566. The molecule has 1 heterocycles. The van der Waals surface area contributed by atoms with Crippen LogP contribution in [0.15, 0.2) is 18.2 Å². The minimum absolute atomic E-state index is 0.0766. The van der Waals surface area contributed by atoms with Gasteiger partial charge in [-0.15, -0.1) is 0 Å². The van der Waals surface area contributed by atoms with E-state index in [9.17, 15) is 9.90 Å². The van der Waals surface area contributed by atoms with Crippen LogP contribution in [0.1, 0.15) is 36.0 Å². The third kappa shape index (κ3) is 4.41. The molecule has 1 aromatic carbocycles. The fourth-order valence-electron chi connectivity index (χ4n) is 3.40. The van der Waals surface area contributed by atoms with Crippen molar-refractivity contribution in [2.24, 2.45) is 5.41 Å². The first-order chi connectivity index (χ1) is 11.5. The molecule has 1 aliphatic rings. The van der Waals surface area contributed by atoms with E-state index in [-0.39, 0.29) is 17.9 Å². The molecular formula is C18H26ClNO4. The molecule has 134 valence electrons. The van der Waals surface area contributed by atoms with Crippen LogP contribution in [0, 0.1) is 5.41 Å². The van der Waals surface area contributed by atoms with Crippen LogP contribution in [0.2, 0.25) is 5.02 Å². The van der Waals surface area contributed by atoms with Gasteiger partial charge in [0.05, 0.1) is 19.3 Å². The summed E-state index contributed by atoms with van der Waals surface area (Å²) >= 11 is 6.04. The standard InChI is InChI=1S/C18H26ClNO4/c1-23-10-4-8-18(13-21)7-3-9-20(12-18)17(22)15-11-14(19)5-6-16(15)24-2/h5-6,11,21H,3-4,7-10,12-13H2,1-2H3. The van der Waals surface area contributed by atoms with Gasteiger partial charge in [0.15, 0.2) is 0 Å². The molecule has 1 aromatic rings. The molecule has 1 atom stereocenters. The molecule has 24 heavy (non-hydrogen) atoms. The molecule has 1 aliphatic heterocycles. The van der Waals surface area contributed by atoms with Gasteiger partial charge in [0.2, 0.25) is 0 Å². The van der Waals surface area contributed by atoms with Gasteiger partial charge in [-0.2, -0.15) is 0 Å². The number of carbonyl (C=O) groups excluding carboxylic acids is 1. The lowest BCUT2D eigenvalue weighted by Gasteiger charge is -2.42. The average molecular weight is 356 g/mol. The van der Waals surface area contributed by atoms with Crippen molar-refractivity contribution in [2.75, 3.05) is 40.5 Å². The fourth-order valence-corrected chi connectivity index (χ4v) is 3.57. The summed E-state index contributed by atoms with van der Waals surface area (Å²) in [6, 6.07) is 5.05. The highest BCUT2D eigenvalue weighted by Gasteiger charge is 2.37. The van der Waals surface area contributed by atoms with Crippen molar-refractivity contribution in [3.8, 4) is 5.75 Å². The number of benzene rings is 1. The molecule has 6 heteroatoms. The Morgan fingerprint density at radius 2 is 2.21 bits per heavy atom. The predicted octanol–water partition coefficient (Wildman–Crippen LogP) is 2.99. The number of carbonyl (C=O) groups is 1. The number of rotatable bonds is 7. The van der Waals surface area contributed by atoms with Crippen LogP contribution in [0.5, 0.6) is 5.75 Å². The maximum absolute atomic E-state index is 12.9. The zero-order valence-corrected chi connectivity index (χ0v) is 15.1. The summed E-state index contributed by atoms with van der Waals surface area (Å²) in [7, 11) is 3.22. The number of nitrogens with zero attached hydrogens (tertiary/aromatic N) is 1. The number of hydrogen-bond acceptors (Lipinski definition) is 4. The molecular weight excluding hydrogens is 330 g/mol. The van der Waals surface area contributed by atoms with E-state index in [0.717, 1.165) is 25.7 Å². The highest BCUT2D eigenvalue weighted by molar-refractivity contribution is 6.31. The largest absolute Gasteiger partial charge is 0.496 e. The molecule has 1 saturated heterocycles. The number of hydrogen-bond donors (Lipinski definition) is 1. The van der Waals surface area contributed by atoms with Crippen LogP contribution < -0.4 is 4.74 Å². The van der Waals surface area contributed by atoms with Gasteiger partial charge >= 0.3 is 0 Å². The summed E-state index contributed by atoms with van der Waals surface area (Å²) in [5.74, 6) is 0.419. The number of aliphatic hydroxyl groups excluding tert-OH is 1. The number of halogens is 1. The van der Waals surface area contributed by atoms with Crippen molar-refractivity contribution >= 4 is 17.5 Å². The molecule has 0 radical (unpaired) electrons. The third-order valence-electron chi connectivity index (χ3n) is 4.73. The van der Waals surface area contributed by atoms with Crippen molar-refractivity contribution in [3.63, 3.8) is 0 Å². The summed E-state index contributed by atoms with van der Waals surface area (Å²) < 4.78 is 10.4. The smallest absolute Gasteiger partial charge is 0.257 e. The van der Waals surface area contributed by atoms with Crippen molar-refractivity contribution < 1.29 is 19.4 Å². The van der Waals surface area contributed by atoms with Crippen LogP contribution in [-0.4, -0.2) is 56.4 Å². The van der Waals surface area contributed by atoms with Crippen molar-refractivity contribution in [1.29, 1.82) is 0 Å². The second-order valence-corrected chi connectivity index (χ2v) is 6.87. The first-order valence-electron chi connectivity index (χ1n) is 8.28. The SMILES string of the molecule is COCCCC1(CO)CCCN(C(=O)c2cc(Cl)ccc2OC)C1. The lowest BCUT2D eigenvalue weighted by atomic mass is 9.77. The number of piperidine rings is 1. The lowest BCUT2D eigenvalue weighted by molar-refractivity contribution is 0.0179. The summed E-state index contributed by atoms with van der Waals surface area (Å²) in [6.07, 6.45) is 3.51. The second-order valence-electron chi connectivity index (χ2n) is 6.43. The van der Waals surface area contributed by atoms with Crippen LogP contribution >= 0.6 is 11.6 Å². The summed E-state index contributed by atoms with van der Waals surface area (Å²) in [5, 5.41) is 10.4. The van der Waals surface area contributed by atoms with Crippen molar-refractivity contribution in [3.05, 3.63) is 28.8 Å². The number of likely N-dealkylation sites (tertiary alicyclic amines) is 1. The van der Waals surface area contributed by atoms with E-state index < -0.39 is 0 Å². The van der Waals surface area contributed by atoms with Gasteiger partial charge in [-0.1, -0.05) is 11.6 Å². The Kier molecular flexibility index (Phi) is 6.90. The first kappa shape index (κ1) is 19.0. The predicted molar refractivity (Wildman–Crippen MR) is 93.8 cm³/mol. The van der Waals surface area contributed by atoms with E-state index in [1.807, 2.05) is 0 Å². The fraction of sp³-hybridized carbons (Fsp3) is 0.611. The number of ether oxygens (including phenoxy) is 2. The van der Waals surface area contributed by atoms with Crippen molar-refractivity contribution in [1.82, 2.24) is 4.90 Å². The van der Waals surface area contributed by atoms with E-state index in [1.54, 1.807) is 37.3 Å². The molecule has 1 fully saturated rings. The monoisotopic (exact) mass is 355 g/mol. The number of aliphatic hydroxyl groups is 1. The van der Waals surface area contributed by atoms with E-state index >= 15 is 0 Å². The maximum Gasteiger partial charge on any atom is 0.257 e. The normalized spacial score (nSPS) is 20.9. The molecule has 2 rings (SSSR count). The number of amides is 1. The minimum Gasteiger partial charge on any atom is -0.496 e. The van der Waals surface area contributed by atoms with Gasteiger partial charge in [0.25, 0.3) is 5.91 Å². The van der Waals surface area contributed by atoms with E-state index in [1.165, 1.54) is 0 Å². The van der Waals surface area contributed by atoms with Crippen LogP contribution in [0.4, 0.5) is 0 Å². The Balaban J connectivity index is 2.16. The Labute approximate surface area is 148 Å². The molecule has 0 saturated carbocycles. The molecule has 0 spiro atoms. The molecule has 0 bridgehead atoms. The van der Waals surface area contributed by atoms with Crippen LogP contribution in [-0.2, 0) is 4.74 Å². The maximum atomic E-state index is 12.9. The Hall–Kier alpha value is -1.30. The number of methoxy groups -OCH3 is 2. The van der Waals surface area contributed by atoms with Crippen molar-refractivity contribution in [2.45, 2.75) is 25.7 Å². The second kappa shape index (κ2) is 8.70. The molecule has 1 unspecified atom stereocenters. The van der Waals surface area contributed by atoms with E-state index in [2.05, 4.69) is 0 Å². The van der Waals surface area contributed by atoms with Gasteiger partial charge in [-0.25, -0.2) is 0 Å². The molecule has 0 aromatic heterocycles. The summed E-state index contributed by atoms with van der Waals surface area (Å²) in [4.78, 5) is 14.8. The quantitative estimate of drug-likeness (QED) is 0.764. The highest BCUT2D eigenvalue weighted by atomic mass is 35.5. The minimum atomic E-state index is -0.252. The Morgan fingerprint density at radius 1 is 1.42 bits per heavy atom. The van der Waals surface area contributed by atoms with Gasteiger partial charge in [-0.05, 0) is 43.9 Å². The van der Waals surface area contributed by atoms with Gasteiger partial charge in [0.1, 0.15) is 5.75 Å².